The van der Waals surface area contributed by atoms with Crippen molar-refractivity contribution in [3.05, 3.63) is 48.6 Å². The predicted octanol–water partition coefficient (Wildman–Crippen LogP) is 3.14. The molecule has 1 amide bonds. The second kappa shape index (κ2) is 38.3. The van der Waals surface area contributed by atoms with Crippen LogP contribution in [0.1, 0.15) is 155 Å². The lowest BCUT2D eigenvalue weighted by Crippen LogP contribution is -2.66. The zero-order chi connectivity index (χ0) is 53.4. The van der Waals surface area contributed by atoms with E-state index >= 15 is 0 Å². The number of carbonyl (C=O) groups is 1. The molecule has 17 atom stereocenters. The van der Waals surface area contributed by atoms with Gasteiger partial charge in [-0.15, -0.1) is 0 Å². The molecule has 12 N–H and O–H groups in total. The number of hydrogen-bond acceptors (Lipinski definition) is 18. The van der Waals surface area contributed by atoms with Gasteiger partial charge in [-0.3, -0.25) is 4.79 Å². The highest BCUT2D eigenvalue weighted by atomic mass is 16.8. The van der Waals surface area contributed by atoms with Crippen LogP contribution in [-0.4, -0.2) is 193 Å². The molecule has 0 radical (unpaired) electrons. The Morgan fingerprint density at radius 2 is 0.904 bits per heavy atom. The summed E-state index contributed by atoms with van der Waals surface area (Å²) in [5, 5.41) is 120. The molecule has 0 bridgehead atoms. The lowest BCUT2D eigenvalue weighted by molar-refractivity contribution is -0.379. The van der Waals surface area contributed by atoms with Crippen LogP contribution in [0.3, 0.4) is 0 Å². The number of unbranched alkanes of at least 4 members (excludes halogenated alkanes) is 16. The Balaban J connectivity index is 1.55. The normalized spacial score (nSPS) is 32.1. The maximum Gasteiger partial charge on any atom is 0.220 e. The second-order valence-corrected chi connectivity index (χ2v) is 19.7. The van der Waals surface area contributed by atoms with Crippen molar-refractivity contribution < 1.29 is 89.4 Å². The first-order valence-corrected chi connectivity index (χ1v) is 27.4. The van der Waals surface area contributed by atoms with E-state index < -0.39 is 124 Å². The minimum Gasteiger partial charge on any atom is -0.394 e. The number of rotatable bonds is 38. The predicted molar refractivity (Wildman–Crippen MR) is 272 cm³/mol. The summed E-state index contributed by atoms with van der Waals surface area (Å²) in [6.45, 7) is 1.58. The van der Waals surface area contributed by atoms with E-state index in [0.717, 1.165) is 70.6 Å². The fourth-order valence-corrected chi connectivity index (χ4v) is 8.99. The second-order valence-electron chi connectivity index (χ2n) is 19.7. The van der Waals surface area contributed by atoms with Gasteiger partial charge in [0.1, 0.15) is 73.2 Å². The van der Waals surface area contributed by atoms with Crippen molar-refractivity contribution in [3.63, 3.8) is 0 Å². The standard InChI is InChI=1S/C54H95NO18/c1-3-5-7-9-11-13-15-16-17-18-19-20-21-22-23-25-27-29-31-38(59)37(55-42(60)32-30-28-26-24-14-12-10-8-6-4-2)36-68-52-48(66)45(63)50(40(34-57)70-52)73-54-49(67)46(64)51(41(35-58)71-54)72-53-47(65)44(62)43(61)39(33-56)69-53/h8,10,18-19,22-23,29,31,37-41,43-54,56-59,61-67H,3-7,9,11-17,20-21,24-28,30,32-36H2,1-2H3,(H,55,60)/b10-8-,19-18+,23-22+,31-29+. The summed E-state index contributed by atoms with van der Waals surface area (Å²) in [7, 11) is 0. The number of aliphatic hydroxyl groups excluding tert-OH is 11. The average molecular weight is 1050 g/mol. The molecule has 19 nitrogen and oxygen atoms in total. The van der Waals surface area contributed by atoms with Crippen molar-refractivity contribution in [2.45, 2.75) is 259 Å². The molecule has 19 heteroatoms. The van der Waals surface area contributed by atoms with Gasteiger partial charge < -0.3 is 89.9 Å². The van der Waals surface area contributed by atoms with E-state index in [4.69, 9.17) is 28.4 Å². The van der Waals surface area contributed by atoms with E-state index in [2.05, 4.69) is 55.6 Å². The monoisotopic (exact) mass is 1050 g/mol. The maximum atomic E-state index is 13.2. The van der Waals surface area contributed by atoms with Gasteiger partial charge in [-0.05, 0) is 64.2 Å². The third-order valence-electron chi connectivity index (χ3n) is 13.6. The Morgan fingerprint density at radius 1 is 0.479 bits per heavy atom. The Labute approximate surface area is 433 Å². The summed E-state index contributed by atoms with van der Waals surface area (Å²) < 4.78 is 34.1. The minimum atomic E-state index is -1.98. The van der Waals surface area contributed by atoms with Gasteiger partial charge in [-0.2, -0.15) is 0 Å². The molecule has 0 aliphatic carbocycles. The van der Waals surface area contributed by atoms with Crippen LogP contribution in [0, 0.1) is 0 Å². The van der Waals surface area contributed by atoms with Crippen LogP contribution in [0.4, 0.5) is 0 Å². The van der Waals surface area contributed by atoms with Gasteiger partial charge in [0.25, 0.3) is 0 Å². The molecular weight excluding hydrogens is 951 g/mol. The van der Waals surface area contributed by atoms with Crippen molar-refractivity contribution in [1.82, 2.24) is 5.32 Å². The maximum absolute atomic E-state index is 13.2. The van der Waals surface area contributed by atoms with Crippen LogP contribution >= 0.6 is 0 Å². The van der Waals surface area contributed by atoms with Gasteiger partial charge in [0.05, 0.1) is 38.6 Å². The third kappa shape index (κ3) is 23.5. The van der Waals surface area contributed by atoms with Crippen molar-refractivity contribution >= 4 is 5.91 Å². The molecule has 3 rings (SSSR count). The summed E-state index contributed by atoms with van der Waals surface area (Å²) in [5.74, 6) is -0.305. The molecule has 17 unspecified atom stereocenters. The molecule has 3 aliphatic heterocycles. The summed E-state index contributed by atoms with van der Waals surface area (Å²) in [6, 6.07) is -0.998. The topological polar surface area (TPSA) is 307 Å². The van der Waals surface area contributed by atoms with Crippen molar-refractivity contribution in [2.75, 3.05) is 26.4 Å². The van der Waals surface area contributed by atoms with E-state index in [-0.39, 0.29) is 18.9 Å². The van der Waals surface area contributed by atoms with Crippen LogP contribution < -0.4 is 5.32 Å². The molecule has 0 spiro atoms. The van der Waals surface area contributed by atoms with E-state index in [9.17, 15) is 61.0 Å². The number of nitrogens with one attached hydrogen (secondary N) is 1. The Hall–Kier alpha value is -2.25. The first-order chi connectivity index (χ1) is 35.3. The van der Waals surface area contributed by atoms with E-state index in [1.165, 1.54) is 51.4 Å². The van der Waals surface area contributed by atoms with E-state index in [1.807, 2.05) is 6.08 Å². The van der Waals surface area contributed by atoms with Gasteiger partial charge in [0, 0.05) is 6.42 Å². The van der Waals surface area contributed by atoms with Crippen LogP contribution in [0.15, 0.2) is 48.6 Å². The zero-order valence-corrected chi connectivity index (χ0v) is 43.6. The molecule has 3 fully saturated rings. The molecule has 0 aromatic heterocycles. The molecule has 73 heavy (non-hydrogen) atoms. The molecule has 3 aliphatic rings. The third-order valence-corrected chi connectivity index (χ3v) is 13.6. The zero-order valence-electron chi connectivity index (χ0n) is 43.6. The van der Waals surface area contributed by atoms with Crippen molar-refractivity contribution in [3.8, 4) is 0 Å². The molecule has 0 aromatic carbocycles. The van der Waals surface area contributed by atoms with Crippen LogP contribution in [0.2, 0.25) is 0 Å². The van der Waals surface area contributed by atoms with Crippen LogP contribution in [0.25, 0.3) is 0 Å². The highest BCUT2D eigenvalue weighted by molar-refractivity contribution is 5.76. The average Bonchev–Trinajstić information content (AvgIpc) is 3.39. The van der Waals surface area contributed by atoms with E-state index in [1.54, 1.807) is 6.08 Å². The van der Waals surface area contributed by atoms with Gasteiger partial charge in [0.2, 0.25) is 5.91 Å². The van der Waals surface area contributed by atoms with E-state index in [0.29, 0.717) is 12.8 Å². The highest BCUT2D eigenvalue weighted by Crippen LogP contribution is 2.33. The molecule has 424 valence electrons. The van der Waals surface area contributed by atoms with Crippen LogP contribution in [-0.2, 0) is 33.2 Å². The molecule has 0 saturated carbocycles. The Bertz CT molecular complexity index is 1530. The summed E-state index contributed by atoms with van der Waals surface area (Å²) in [5.41, 5.74) is 0. The van der Waals surface area contributed by atoms with Gasteiger partial charge in [0.15, 0.2) is 18.9 Å². The van der Waals surface area contributed by atoms with Gasteiger partial charge in [-0.25, -0.2) is 0 Å². The number of allylic oxidation sites excluding steroid dienone is 7. The molecule has 0 aromatic rings. The quantitative estimate of drug-likeness (QED) is 0.0312. The lowest BCUT2D eigenvalue weighted by Gasteiger charge is -2.48. The first kappa shape index (κ1) is 65.0. The number of hydrogen-bond donors (Lipinski definition) is 12. The minimum absolute atomic E-state index is 0.219. The number of carbonyl (C=O) groups excluding carboxylic acids is 1. The first-order valence-electron chi connectivity index (χ1n) is 27.4. The number of aliphatic hydroxyl groups is 11. The highest BCUT2D eigenvalue weighted by Gasteiger charge is 2.53. The van der Waals surface area contributed by atoms with Crippen molar-refractivity contribution in [1.29, 1.82) is 0 Å². The number of amides is 1. The fraction of sp³-hybridized carbons (Fsp3) is 0.833. The largest absolute Gasteiger partial charge is 0.394 e. The van der Waals surface area contributed by atoms with Gasteiger partial charge in [-0.1, -0.05) is 133 Å². The summed E-state index contributed by atoms with van der Waals surface area (Å²) >= 11 is 0. The number of ether oxygens (including phenoxy) is 6. The molecule has 3 saturated heterocycles. The smallest absolute Gasteiger partial charge is 0.220 e. The SMILES string of the molecule is CCC/C=C\CCCCCCCC(=O)NC(COC1OC(CO)C(OC2OC(CO)C(OC3OC(CO)C(O)C(O)C3O)C(O)C2O)C(O)C1O)C(O)/C=C/CC/C=C/CC/C=C/CCCCCCCCCC. The molecule has 3 heterocycles. The molecular formula is C54H95NO18. The summed E-state index contributed by atoms with van der Waals surface area (Å²) in [4.78, 5) is 13.2. The van der Waals surface area contributed by atoms with Crippen LogP contribution in [0.5, 0.6) is 0 Å². The summed E-state index contributed by atoms with van der Waals surface area (Å²) in [6.07, 6.45) is 12.6. The van der Waals surface area contributed by atoms with Gasteiger partial charge >= 0.3 is 0 Å². The Morgan fingerprint density at radius 3 is 1.42 bits per heavy atom. The Kier molecular flexibility index (Phi) is 34.1. The van der Waals surface area contributed by atoms with Crippen molar-refractivity contribution in [2.24, 2.45) is 0 Å². The fourth-order valence-electron chi connectivity index (χ4n) is 8.99. The lowest BCUT2D eigenvalue weighted by atomic mass is 9.96.